The first-order valence-electron chi connectivity index (χ1n) is 6.56. The van der Waals surface area contributed by atoms with Crippen LogP contribution in [0.25, 0.3) is 0 Å². The standard InChI is InChI=1S/C12H21N3O/c16-12(15-5-2-6-15)9-14-7-10-3-1-4-13-11(10)8-14/h10-11,13H,1-9H2/t10-,11+/m0/s1. The Bertz CT molecular complexity index is 263. The summed E-state index contributed by atoms with van der Waals surface area (Å²) in [5.41, 5.74) is 0. The van der Waals surface area contributed by atoms with Crippen LogP contribution in [0.4, 0.5) is 0 Å². The Morgan fingerprint density at radius 2 is 2.12 bits per heavy atom. The number of carbonyl (C=O) groups is 1. The van der Waals surface area contributed by atoms with E-state index in [4.69, 9.17) is 0 Å². The molecule has 4 nitrogen and oxygen atoms in total. The molecule has 3 heterocycles. The van der Waals surface area contributed by atoms with Crippen LogP contribution in [-0.4, -0.2) is 61.0 Å². The lowest BCUT2D eigenvalue weighted by molar-refractivity contribution is -0.135. The Hall–Kier alpha value is -0.610. The van der Waals surface area contributed by atoms with Crippen molar-refractivity contribution < 1.29 is 4.79 Å². The molecule has 0 aliphatic carbocycles. The predicted molar refractivity (Wildman–Crippen MR) is 62.2 cm³/mol. The molecule has 3 fully saturated rings. The van der Waals surface area contributed by atoms with Gasteiger partial charge < -0.3 is 10.2 Å². The van der Waals surface area contributed by atoms with Gasteiger partial charge >= 0.3 is 0 Å². The molecule has 0 aromatic rings. The molecule has 3 rings (SSSR count). The molecule has 0 aromatic carbocycles. The van der Waals surface area contributed by atoms with Gasteiger partial charge in [-0.1, -0.05) is 0 Å². The zero-order valence-corrected chi connectivity index (χ0v) is 9.82. The van der Waals surface area contributed by atoms with Gasteiger partial charge in [0.2, 0.25) is 5.91 Å². The number of hydrogen-bond donors (Lipinski definition) is 1. The van der Waals surface area contributed by atoms with Gasteiger partial charge in [-0.2, -0.15) is 0 Å². The normalized spacial score (nSPS) is 34.6. The summed E-state index contributed by atoms with van der Waals surface area (Å²) in [6.07, 6.45) is 3.83. The first-order chi connectivity index (χ1) is 7.83. The average Bonchev–Trinajstić information content (AvgIpc) is 2.56. The number of rotatable bonds is 2. The summed E-state index contributed by atoms with van der Waals surface area (Å²) in [5.74, 6) is 1.13. The topological polar surface area (TPSA) is 35.6 Å². The van der Waals surface area contributed by atoms with Crippen LogP contribution in [0.5, 0.6) is 0 Å². The summed E-state index contributed by atoms with van der Waals surface area (Å²) in [7, 11) is 0. The molecule has 1 N–H and O–H groups in total. The van der Waals surface area contributed by atoms with Crippen LogP contribution in [0.3, 0.4) is 0 Å². The van der Waals surface area contributed by atoms with Crippen molar-refractivity contribution in [2.45, 2.75) is 25.3 Å². The summed E-state index contributed by atoms with van der Waals surface area (Å²) >= 11 is 0. The quantitative estimate of drug-likeness (QED) is 0.710. The van der Waals surface area contributed by atoms with Crippen LogP contribution >= 0.6 is 0 Å². The van der Waals surface area contributed by atoms with Gasteiger partial charge in [0.1, 0.15) is 0 Å². The number of carbonyl (C=O) groups excluding carboxylic acids is 1. The SMILES string of the molecule is O=C(CN1C[C@@H]2CCCN[C@@H]2C1)N1CCC1. The molecule has 0 unspecified atom stereocenters. The maximum absolute atomic E-state index is 11.9. The van der Waals surface area contributed by atoms with E-state index in [9.17, 15) is 4.79 Å². The highest BCUT2D eigenvalue weighted by Crippen LogP contribution is 2.24. The van der Waals surface area contributed by atoms with Crippen LogP contribution in [-0.2, 0) is 4.79 Å². The molecular weight excluding hydrogens is 202 g/mol. The van der Waals surface area contributed by atoms with Gasteiger partial charge in [0, 0.05) is 32.2 Å². The highest BCUT2D eigenvalue weighted by molar-refractivity contribution is 5.79. The number of nitrogens with zero attached hydrogens (tertiary/aromatic N) is 2. The monoisotopic (exact) mass is 223 g/mol. The van der Waals surface area contributed by atoms with Crippen molar-refractivity contribution in [3.05, 3.63) is 0 Å². The minimum atomic E-state index is 0.338. The molecule has 3 aliphatic rings. The smallest absolute Gasteiger partial charge is 0.236 e. The van der Waals surface area contributed by atoms with E-state index in [1.165, 1.54) is 19.3 Å². The van der Waals surface area contributed by atoms with Crippen molar-refractivity contribution in [3.8, 4) is 0 Å². The highest BCUT2D eigenvalue weighted by atomic mass is 16.2. The van der Waals surface area contributed by atoms with Crippen molar-refractivity contribution in [1.29, 1.82) is 0 Å². The third-order valence-corrected chi connectivity index (χ3v) is 4.24. The van der Waals surface area contributed by atoms with Gasteiger partial charge in [-0.15, -0.1) is 0 Å². The largest absolute Gasteiger partial charge is 0.341 e. The van der Waals surface area contributed by atoms with Crippen molar-refractivity contribution in [1.82, 2.24) is 15.1 Å². The Kier molecular flexibility index (Phi) is 2.86. The molecule has 0 saturated carbocycles. The lowest BCUT2D eigenvalue weighted by Gasteiger charge is -2.32. The van der Waals surface area contributed by atoms with Crippen LogP contribution in [0.2, 0.25) is 0 Å². The average molecular weight is 223 g/mol. The molecule has 4 heteroatoms. The van der Waals surface area contributed by atoms with Gasteiger partial charge in [-0.05, 0) is 31.7 Å². The Morgan fingerprint density at radius 3 is 2.81 bits per heavy atom. The van der Waals surface area contributed by atoms with Crippen molar-refractivity contribution >= 4 is 5.91 Å². The number of nitrogens with one attached hydrogen (secondary N) is 1. The summed E-state index contributed by atoms with van der Waals surface area (Å²) in [4.78, 5) is 16.2. The van der Waals surface area contributed by atoms with Crippen LogP contribution < -0.4 is 5.32 Å². The van der Waals surface area contributed by atoms with Gasteiger partial charge in [0.25, 0.3) is 0 Å². The Morgan fingerprint density at radius 1 is 1.25 bits per heavy atom. The van der Waals surface area contributed by atoms with Crippen molar-refractivity contribution in [3.63, 3.8) is 0 Å². The predicted octanol–water partition coefficient (Wildman–Crippen LogP) is -0.0975. The van der Waals surface area contributed by atoms with E-state index in [1.807, 2.05) is 4.90 Å². The summed E-state index contributed by atoms with van der Waals surface area (Å²) < 4.78 is 0. The van der Waals surface area contributed by atoms with E-state index in [-0.39, 0.29) is 0 Å². The summed E-state index contributed by atoms with van der Waals surface area (Å²) in [6.45, 7) is 5.97. The molecule has 90 valence electrons. The third-order valence-electron chi connectivity index (χ3n) is 4.24. The highest BCUT2D eigenvalue weighted by Gasteiger charge is 2.35. The molecule has 3 saturated heterocycles. The van der Waals surface area contributed by atoms with Gasteiger partial charge in [-0.3, -0.25) is 9.69 Å². The lowest BCUT2D eigenvalue weighted by Crippen LogP contribution is -2.47. The van der Waals surface area contributed by atoms with E-state index < -0.39 is 0 Å². The second-order valence-corrected chi connectivity index (χ2v) is 5.39. The molecule has 16 heavy (non-hydrogen) atoms. The molecule has 3 aliphatic heterocycles. The Labute approximate surface area is 97.0 Å². The van der Waals surface area contributed by atoms with Crippen LogP contribution in [0, 0.1) is 5.92 Å². The maximum Gasteiger partial charge on any atom is 0.236 e. The first-order valence-corrected chi connectivity index (χ1v) is 6.56. The number of amides is 1. The summed E-state index contributed by atoms with van der Waals surface area (Å²) in [6, 6.07) is 0.651. The van der Waals surface area contributed by atoms with Crippen molar-refractivity contribution in [2.24, 2.45) is 5.92 Å². The molecule has 1 amide bonds. The van der Waals surface area contributed by atoms with E-state index >= 15 is 0 Å². The number of fused-ring (bicyclic) bond motifs is 1. The van der Waals surface area contributed by atoms with E-state index in [1.54, 1.807) is 0 Å². The molecule has 0 bridgehead atoms. The van der Waals surface area contributed by atoms with E-state index in [2.05, 4.69) is 10.2 Å². The fraction of sp³-hybridized carbons (Fsp3) is 0.917. The minimum Gasteiger partial charge on any atom is -0.341 e. The second kappa shape index (κ2) is 4.34. The molecule has 0 aromatic heterocycles. The Balaban J connectivity index is 1.50. The van der Waals surface area contributed by atoms with Crippen LogP contribution in [0.15, 0.2) is 0 Å². The van der Waals surface area contributed by atoms with E-state index in [0.717, 1.165) is 38.6 Å². The fourth-order valence-corrected chi connectivity index (χ4v) is 3.12. The lowest BCUT2D eigenvalue weighted by atomic mass is 9.94. The summed E-state index contributed by atoms with van der Waals surface area (Å²) in [5, 5.41) is 3.57. The molecule has 2 atom stereocenters. The third kappa shape index (κ3) is 1.96. The number of likely N-dealkylation sites (tertiary alicyclic amines) is 2. The maximum atomic E-state index is 11.9. The number of hydrogen-bond acceptors (Lipinski definition) is 3. The van der Waals surface area contributed by atoms with Gasteiger partial charge in [0.15, 0.2) is 0 Å². The molecule has 0 radical (unpaired) electrons. The first kappa shape index (κ1) is 10.5. The zero-order valence-electron chi connectivity index (χ0n) is 9.82. The van der Waals surface area contributed by atoms with E-state index in [0.29, 0.717) is 18.5 Å². The minimum absolute atomic E-state index is 0.338. The van der Waals surface area contributed by atoms with Crippen LogP contribution in [0.1, 0.15) is 19.3 Å². The molecule has 0 spiro atoms. The molecular formula is C12H21N3O. The number of piperidine rings is 1. The second-order valence-electron chi connectivity index (χ2n) is 5.39. The van der Waals surface area contributed by atoms with Crippen molar-refractivity contribution in [2.75, 3.05) is 39.3 Å². The van der Waals surface area contributed by atoms with Gasteiger partial charge in [0.05, 0.1) is 6.54 Å². The fourth-order valence-electron chi connectivity index (χ4n) is 3.12. The van der Waals surface area contributed by atoms with Gasteiger partial charge in [-0.25, -0.2) is 0 Å². The zero-order chi connectivity index (χ0) is 11.0.